The molecule has 0 unspecified atom stereocenters. The fourth-order valence-electron chi connectivity index (χ4n) is 4.14. The molecule has 0 saturated carbocycles. The molecule has 1 saturated heterocycles. The predicted molar refractivity (Wildman–Crippen MR) is 121 cm³/mol. The molecule has 2 aromatic carbocycles. The van der Waals surface area contributed by atoms with Crippen molar-refractivity contribution in [3.8, 4) is 17.2 Å². The van der Waals surface area contributed by atoms with Gasteiger partial charge in [0.15, 0.2) is 11.5 Å². The Balaban J connectivity index is 1.66. The fraction of sp³-hybridized carbons (Fsp3) is 0.417. The molecule has 170 valence electrons. The van der Waals surface area contributed by atoms with E-state index in [0.717, 1.165) is 35.7 Å². The van der Waals surface area contributed by atoms with E-state index < -0.39 is 0 Å². The molecule has 1 atom stereocenters. The van der Waals surface area contributed by atoms with Gasteiger partial charge in [0, 0.05) is 25.1 Å². The molecule has 2 aliphatic heterocycles. The van der Waals surface area contributed by atoms with Crippen molar-refractivity contribution in [3.63, 3.8) is 0 Å². The molecule has 0 bridgehead atoms. The third-order valence-electron chi connectivity index (χ3n) is 5.84. The summed E-state index contributed by atoms with van der Waals surface area (Å²) in [5, 5.41) is 6.38. The van der Waals surface area contributed by atoms with Crippen molar-refractivity contribution in [2.45, 2.75) is 12.5 Å². The van der Waals surface area contributed by atoms with Gasteiger partial charge in [-0.05, 0) is 35.9 Å². The largest absolute Gasteiger partial charge is 0.497 e. The molecular formula is C24H29N3O5. The smallest absolute Gasteiger partial charge is 0.257 e. The molecule has 2 aliphatic rings. The number of carbonyl (C=O) groups excluding carboxylic acids is 1. The number of rotatable bonds is 7. The predicted octanol–water partition coefficient (Wildman–Crippen LogP) is 2.72. The number of benzene rings is 2. The summed E-state index contributed by atoms with van der Waals surface area (Å²) < 4.78 is 21.8. The van der Waals surface area contributed by atoms with Crippen LogP contribution in [-0.4, -0.2) is 75.7 Å². The summed E-state index contributed by atoms with van der Waals surface area (Å²) in [7, 11) is 4.86. The molecule has 1 amide bonds. The van der Waals surface area contributed by atoms with Crippen molar-refractivity contribution >= 4 is 11.6 Å². The third kappa shape index (κ3) is 4.56. The Morgan fingerprint density at radius 2 is 1.78 bits per heavy atom. The Bertz CT molecular complexity index is 970. The second-order valence-corrected chi connectivity index (χ2v) is 7.70. The standard InChI is InChI=1S/C24H29N3O5/c1-29-18-9-7-17(8-10-18)20-15-21(19-5-4-6-22(30-2)24(19)31-3)27(25-20)23(28)16-26-11-13-32-14-12-26/h4-10,21H,11-16H2,1-3H3/t21-/m1/s1. The number of para-hydroxylation sites is 1. The number of nitrogens with zero attached hydrogens (tertiary/aromatic N) is 3. The van der Waals surface area contributed by atoms with Crippen LogP contribution in [0.2, 0.25) is 0 Å². The first-order chi connectivity index (χ1) is 15.6. The van der Waals surface area contributed by atoms with E-state index in [2.05, 4.69) is 4.90 Å². The van der Waals surface area contributed by atoms with E-state index in [1.165, 1.54) is 0 Å². The lowest BCUT2D eigenvalue weighted by Crippen LogP contribution is -2.43. The van der Waals surface area contributed by atoms with Gasteiger partial charge >= 0.3 is 0 Å². The van der Waals surface area contributed by atoms with Crippen molar-refractivity contribution in [2.75, 3.05) is 54.2 Å². The van der Waals surface area contributed by atoms with E-state index in [4.69, 9.17) is 24.0 Å². The number of morpholine rings is 1. The number of methoxy groups -OCH3 is 3. The molecule has 2 aromatic rings. The zero-order chi connectivity index (χ0) is 22.5. The second-order valence-electron chi connectivity index (χ2n) is 7.70. The van der Waals surface area contributed by atoms with E-state index in [9.17, 15) is 4.79 Å². The van der Waals surface area contributed by atoms with Gasteiger partial charge in [0.1, 0.15) is 5.75 Å². The first-order valence-electron chi connectivity index (χ1n) is 10.7. The minimum atomic E-state index is -0.286. The van der Waals surface area contributed by atoms with E-state index in [1.807, 2.05) is 42.5 Å². The molecule has 0 aromatic heterocycles. The van der Waals surface area contributed by atoms with Crippen LogP contribution in [0.15, 0.2) is 47.6 Å². The minimum Gasteiger partial charge on any atom is -0.497 e. The average molecular weight is 440 g/mol. The van der Waals surface area contributed by atoms with Crippen LogP contribution in [0.1, 0.15) is 23.6 Å². The molecule has 8 heteroatoms. The fourth-order valence-corrected chi connectivity index (χ4v) is 4.14. The van der Waals surface area contributed by atoms with Crippen LogP contribution in [0.5, 0.6) is 17.2 Å². The van der Waals surface area contributed by atoms with Gasteiger partial charge in [0.05, 0.1) is 52.8 Å². The normalized spacial score (nSPS) is 18.9. The monoisotopic (exact) mass is 439 g/mol. The van der Waals surface area contributed by atoms with Gasteiger partial charge in [-0.2, -0.15) is 5.10 Å². The molecule has 0 N–H and O–H groups in total. The van der Waals surface area contributed by atoms with Crippen LogP contribution in [-0.2, 0) is 9.53 Å². The van der Waals surface area contributed by atoms with Crippen LogP contribution < -0.4 is 14.2 Å². The number of hydrogen-bond donors (Lipinski definition) is 0. The van der Waals surface area contributed by atoms with E-state index in [0.29, 0.717) is 37.7 Å². The van der Waals surface area contributed by atoms with E-state index in [1.54, 1.807) is 26.3 Å². The highest BCUT2D eigenvalue weighted by Crippen LogP contribution is 2.41. The SMILES string of the molecule is COc1ccc(C2=NN(C(=O)CN3CCOCC3)[C@@H](c3cccc(OC)c3OC)C2)cc1. The summed E-state index contributed by atoms with van der Waals surface area (Å²) in [5.41, 5.74) is 2.67. The highest BCUT2D eigenvalue weighted by Gasteiger charge is 2.36. The van der Waals surface area contributed by atoms with Gasteiger partial charge in [-0.15, -0.1) is 0 Å². The molecule has 0 aliphatic carbocycles. The zero-order valence-electron chi connectivity index (χ0n) is 18.7. The molecule has 2 heterocycles. The quantitative estimate of drug-likeness (QED) is 0.661. The Labute approximate surface area is 188 Å². The maximum atomic E-state index is 13.4. The van der Waals surface area contributed by atoms with Crippen LogP contribution in [0.3, 0.4) is 0 Å². The minimum absolute atomic E-state index is 0.0507. The van der Waals surface area contributed by atoms with Crippen LogP contribution in [0.25, 0.3) is 0 Å². The number of carbonyl (C=O) groups is 1. The highest BCUT2D eigenvalue weighted by atomic mass is 16.5. The summed E-state index contributed by atoms with van der Waals surface area (Å²) in [5.74, 6) is 1.97. The molecule has 32 heavy (non-hydrogen) atoms. The third-order valence-corrected chi connectivity index (χ3v) is 5.84. The van der Waals surface area contributed by atoms with Crippen molar-refractivity contribution in [3.05, 3.63) is 53.6 Å². The molecule has 0 radical (unpaired) electrons. The first kappa shape index (κ1) is 22.1. The van der Waals surface area contributed by atoms with Gasteiger partial charge in [0.25, 0.3) is 5.91 Å². The van der Waals surface area contributed by atoms with Gasteiger partial charge in [0.2, 0.25) is 0 Å². The highest BCUT2D eigenvalue weighted by molar-refractivity contribution is 6.03. The van der Waals surface area contributed by atoms with Crippen LogP contribution >= 0.6 is 0 Å². The first-order valence-corrected chi connectivity index (χ1v) is 10.7. The second kappa shape index (κ2) is 10.0. The van der Waals surface area contributed by atoms with Crippen molar-refractivity contribution < 1.29 is 23.7 Å². The average Bonchev–Trinajstić information content (AvgIpc) is 3.29. The zero-order valence-corrected chi connectivity index (χ0v) is 18.7. The van der Waals surface area contributed by atoms with E-state index >= 15 is 0 Å². The Hall–Kier alpha value is -3.10. The lowest BCUT2D eigenvalue weighted by molar-refractivity contribution is -0.135. The Morgan fingerprint density at radius 3 is 2.44 bits per heavy atom. The van der Waals surface area contributed by atoms with Gasteiger partial charge in [-0.1, -0.05) is 12.1 Å². The summed E-state index contributed by atoms with van der Waals surface area (Å²) >= 11 is 0. The molecular weight excluding hydrogens is 410 g/mol. The van der Waals surface area contributed by atoms with Gasteiger partial charge in [-0.25, -0.2) is 5.01 Å². The number of hydrazone groups is 1. The van der Waals surface area contributed by atoms with Crippen molar-refractivity contribution in [2.24, 2.45) is 5.10 Å². The van der Waals surface area contributed by atoms with Gasteiger partial charge in [-0.3, -0.25) is 9.69 Å². The molecule has 1 fully saturated rings. The topological polar surface area (TPSA) is 72.8 Å². The van der Waals surface area contributed by atoms with Crippen molar-refractivity contribution in [1.29, 1.82) is 0 Å². The molecule has 0 spiro atoms. The van der Waals surface area contributed by atoms with Gasteiger partial charge < -0.3 is 18.9 Å². The van der Waals surface area contributed by atoms with Crippen molar-refractivity contribution in [1.82, 2.24) is 9.91 Å². The van der Waals surface area contributed by atoms with Crippen LogP contribution in [0, 0.1) is 0 Å². The maximum Gasteiger partial charge on any atom is 0.257 e. The summed E-state index contributed by atoms with van der Waals surface area (Å²) in [6.45, 7) is 3.05. The summed E-state index contributed by atoms with van der Waals surface area (Å²) in [6, 6.07) is 13.2. The van der Waals surface area contributed by atoms with Crippen LogP contribution in [0.4, 0.5) is 0 Å². The summed E-state index contributed by atoms with van der Waals surface area (Å²) in [4.78, 5) is 15.5. The maximum absolute atomic E-state index is 13.4. The number of amides is 1. The summed E-state index contributed by atoms with van der Waals surface area (Å²) in [6.07, 6.45) is 0.574. The number of ether oxygens (including phenoxy) is 4. The number of hydrogen-bond acceptors (Lipinski definition) is 7. The lowest BCUT2D eigenvalue weighted by atomic mass is 9.97. The Morgan fingerprint density at radius 1 is 1.03 bits per heavy atom. The Kier molecular flexibility index (Phi) is 6.92. The molecule has 4 rings (SSSR count). The molecule has 8 nitrogen and oxygen atoms in total. The lowest BCUT2D eigenvalue weighted by Gasteiger charge is -2.29. The van der Waals surface area contributed by atoms with E-state index in [-0.39, 0.29) is 11.9 Å².